The van der Waals surface area contributed by atoms with E-state index < -0.39 is 0 Å². The fourth-order valence-corrected chi connectivity index (χ4v) is 1.34. The van der Waals surface area contributed by atoms with Gasteiger partial charge in [-0.2, -0.15) is 0 Å². The molecule has 1 aromatic carbocycles. The van der Waals surface area contributed by atoms with Crippen molar-refractivity contribution in [3.05, 3.63) is 42.0 Å². The summed E-state index contributed by atoms with van der Waals surface area (Å²) in [5, 5.41) is 3.35. The van der Waals surface area contributed by atoms with Crippen molar-refractivity contribution in [3.8, 4) is 0 Å². The van der Waals surface area contributed by atoms with Crippen LogP contribution in [-0.2, 0) is 0 Å². The minimum atomic E-state index is 0.793. The van der Waals surface area contributed by atoms with Gasteiger partial charge < -0.3 is 11.1 Å². The molecule has 0 aliphatic carbocycles. The van der Waals surface area contributed by atoms with Crippen molar-refractivity contribution in [2.75, 3.05) is 19.6 Å². The second kappa shape index (κ2) is 8.21. The van der Waals surface area contributed by atoms with Crippen LogP contribution in [0, 0.1) is 0 Å². The predicted octanol–water partition coefficient (Wildman–Crippen LogP) is 2.03. The lowest BCUT2D eigenvalue weighted by Crippen LogP contribution is -2.15. The van der Waals surface area contributed by atoms with Gasteiger partial charge in [0.2, 0.25) is 0 Å². The smallest absolute Gasteiger partial charge is 0.0138 e. The summed E-state index contributed by atoms with van der Waals surface area (Å²) in [5.74, 6) is 0. The Balaban J connectivity index is 2.07. The lowest BCUT2D eigenvalue weighted by atomic mass is 10.2. The second-order valence-corrected chi connectivity index (χ2v) is 3.51. The minimum Gasteiger partial charge on any atom is -0.330 e. The summed E-state index contributed by atoms with van der Waals surface area (Å²) in [5.41, 5.74) is 6.65. The maximum atomic E-state index is 5.40. The molecule has 0 saturated carbocycles. The third kappa shape index (κ3) is 6.05. The molecule has 0 saturated heterocycles. The first-order valence-corrected chi connectivity index (χ1v) is 5.56. The van der Waals surface area contributed by atoms with E-state index in [2.05, 4.69) is 29.6 Å². The Bertz CT molecular complexity index is 267. The highest BCUT2D eigenvalue weighted by Gasteiger charge is 1.85. The molecule has 82 valence electrons. The van der Waals surface area contributed by atoms with E-state index in [4.69, 9.17) is 5.73 Å². The Kier molecular flexibility index (Phi) is 6.54. The molecule has 0 aliphatic heterocycles. The van der Waals surface area contributed by atoms with Crippen molar-refractivity contribution in [2.45, 2.75) is 12.8 Å². The van der Waals surface area contributed by atoms with Gasteiger partial charge in [-0.25, -0.2) is 0 Å². The fourth-order valence-electron chi connectivity index (χ4n) is 1.34. The maximum Gasteiger partial charge on any atom is 0.0138 e. The Hall–Kier alpha value is -1.12. The van der Waals surface area contributed by atoms with Crippen molar-refractivity contribution >= 4 is 6.08 Å². The van der Waals surface area contributed by atoms with Crippen molar-refractivity contribution in [2.24, 2.45) is 5.73 Å². The number of hydrogen-bond donors (Lipinski definition) is 2. The summed E-state index contributed by atoms with van der Waals surface area (Å²) in [7, 11) is 0. The number of unbranched alkanes of at least 4 members (excludes halogenated alkanes) is 1. The van der Waals surface area contributed by atoms with Crippen LogP contribution in [0.3, 0.4) is 0 Å². The molecule has 0 atom stereocenters. The molecule has 2 nitrogen and oxygen atoms in total. The second-order valence-electron chi connectivity index (χ2n) is 3.51. The minimum absolute atomic E-state index is 0.793. The van der Waals surface area contributed by atoms with Crippen LogP contribution in [0.15, 0.2) is 36.4 Å². The van der Waals surface area contributed by atoms with Crippen LogP contribution < -0.4 is 11.1 Å². The summed E-state index contributed by atoms with van der Waals surface area (Å²) in [6.45, 7) is 2.78. The van der Waals surface area contributed by atoms with E-state index in [9.17, 15) is 0 Å². The first-order valence-electron chi connectivity index (χ1n) is 5.56. The molecule has 0 bridgehead atoms. The van der Waals surface area contributed by atoms with E-state index in [1.165, 1.54) is 5.56 Å². The molecule has 0 radical (unpaired) electrons. The van der Waals surface area contributed by atoms with Crippen LogP contribution in [0.25, 0.3) is 6.08 Å². The zero-order valence-corrected chi connectivity index (χ0v) is 9.15. The van der Waals surface area contributed by atoms with Crippen LogP contribution in [0.5, 0.6) is 0 Å². The Morgan fingerprint density at radius 1 is 1.13 bits per heavy atom. The number of benzene rings is 1. The third-order valence-corrected chi connectivity index (χ3v) is 2.18. The summed E-state index contributed by atoms with van der Waals surface area (Å²) in [4.78, 5) is 0. The van der Waals surface area contributed by atoms with Gasteiger partial charge in [-0.1, -0.05) is 42.5 Å². The highest BCUT2D eigenvalue weighted by molar-refractivity contribution is 5.48. The molecule has 0 aliphatic rings. The van der Waals surface area contributed by atoms with E-state index >= 15 is 0 Å². The summed E-state index contributed by atoms with van der Waals surface area (Å²) in [6, 6.07) is 10.3. The van der Waals surface area contributed by atoms with Crippen molar-refractivity contribution in [1.82, 2.24) is 5.32 Å². The molecule has 0 spiro atoms. The van der Waals surface area contributed by atoms with Gasteiger partial charge in [0, 0.05) is 6.54 Å². The van der Waals surface area contributed by atoms with E-state index in [-0.39, 0.29) is 0 Å². The first-order chi connectivity index (χ1) is 7.43. The van der Waals surface area contributed by atoms with E-state index in [0.29, 0.717) is 0 Å². The standard InChI is InChI=1S/C13H20N2/c14-10-4-5-11-15-12-6-9-13-7-2-1-3-8-13/h1-3,6-9,15H,4-5,10-12,14H2/b9-6+. The monoisotopic (exact) mass is 204 g/mol. The zero-order chi connectivity index (χ0) is 10.8. The topological polar surface area (TPSA) is 38.0 Å². The molecular formula is C13H20N2. The molecule has 3 N–H and O–H groups in total. The lowest BCUT2D eigenvalue weighted by Gasteiger charge is -1.99. The van der Waals surface area contributed by atoms with Crippen LogP contribution in [-0.4, -0.2) is 19.6 Å². The SMILES string of the molecule is NCCCCNC/C=C/c1ccccc1. The van der Waals surface area contributed by atoms with Gasteiger partial charge in [0.05, 0.1) is 0 Å². The van der Waals surface area contributed by atoms with Crippen LogP contribution in [0.1, 0.15) is 18.4 Å². The Morgan fingerprint density at radius 2 is 1.93 bits per heavy atom. The van der Waals surface area contributed by atoms with Gasteiger partial charge in [-0.3, -0.25) is 0 Å². The van der Waals surface area contributed by atoms with Gasteiger partial charge in [-0.15, -0.1) is 0 Å². The van der Waals surface area contributed by atoms with Gasteiger partial charge in [0.25, 0.3) is 0 Å². The van der Waals surface area contributed by atoms with Crippen molar-refractivity contribution < 1.29 is 0 Å². The van der Waals surface area contributed by atoms with Crippen LogP contribution in [0.2, 0.25) is 0 Å². The van der Waals surface area contributed by atoms with E-state index in [0.717, 1.165) is 32.5 Å². The quantitative estimate of drug-likeness (QED) is 0.667. The van der Waals surface area contributed by atoms with Crippen molar-refractivity contribution in [1.29, 1.82) is 0 Å². The molecule has 1 aromatic rings. The number of hydrogen-bond acceptors (Lipinski definition) is 2. The molecule has 1 rings (SSSR count). The average Bonchev–Trinajstić information content (AvgIpc) is 2.29. The molecular weight excluding hydrogens is 184 g/mol. The average molecular weight is 204 g/mol. The normalized spacial score (nSPS) is 11.0. The molecule has 0 unspecified atom stereocenters. The van der Waals surface area contributed by atoms with Gasteiger partial charge in [0.15, 0.2) is 0 Å². The number of nitrogens with two attached hydrogens (primary N) is 1. The predicted molar refractivity (Wildman–Crippen MR) is 66.6 cm³/mol. The van der Waals surface area contributed by atoms with Crippen LogP contribution >= 0.6 is 0 Å². The van der Waals surface area contributed by atoms with Gasteiger partial charge >= 0.3 is 0 Å². The van der Waals surface area contributed by atoms with E-state index in [1.807, 2.05) is 18.2 Å². The largest absolute Gasteiger partial charge is 0.330 e. The van der Waals surface area contributed by atoms with Crippen LogP contribution in [0.4, 0.5) is 0 Å². The number of rotatable bonds is 7. The third-order valence-electron chi connectivity index (χ3n) is 2.18. The van der Waals surface area contributed by atoms with Gasteiger partial charge in [-0.05, 0) is 31.5 Å². The molecule has 0 amide bonds. The Morgan fingerprint density at radius 3 is 2.67 bits per heavy atom. The highest BCUT2D eigenvalue weighted by atomic mass is 14.8. The highest BCUT2D eigenvalue weighted by Crippen LogP contribution is 1.99. The molecule has 2 heteroatoms. The van der Waals surface area contributed by atoms with Crippen molar-refractivity contribution in [3.63, 3.8) is 0 Å². The lowest BCUT2D eigenvalue weighted by molar-refractivity contribution is 0.661. The zero-order valence-electron chi connectivity index (χ0n) is 9.15. The molecule has 15 heavy (non-hydrogen) atoms. The molecule has 0 fully saturated rings. The number of nitrogens with one attached hydrogen (secondary N) is 1. The van der Waals surface area contributed by atoms with Gasteiger partial charge in [0.1, 0.15) is 0 Å². The van der Waals surface area contributed by atoms with E-state index in [1.54, 1.807) is 0 Å². The maximum absolute atomic E-state index is 5.40. The first kappa shape index (κ1) is 12.0. The summed E-state index contributed by atoms with van der Waals surface area (Å²) in [6.07, 6.45) is 6.55. The fraction of sp³-hybridized carbons (Fsp3) is 0.385. The summed E-state index contributed by atoms with van der Waals surface area (Å²) < 4.78 is 0. The molecule has 0 aromatic heterocycles. The molecule has 0 heterocycles. The summed E-state index contributed by atoms with van der Waals surface area (Å²) >= 11 is 0. The Labute approximate surface area is 92.2 Å².